The maximum absolute atomic E-state index is 11.6. The quantitative estimate of drug-likeness (QED) is 0.929. The molecular formula is C17H26N4O2. The summed E-state index contributed by atoms with van der Waals surface area (Å²) < 4.78 is 1.98. The second-order valence-electron chi connectivity index (χ2n) is 7.77. The maximum atomic E-state index is 11.6. The third-order valence-corrected chi connectivity index (χ3v) is 6.54. The Balaban J connectivity index is 1.63. The molecule has 0 radical (unpaired) electrons. The summed E-state index contributed by atoms with van der Waals surface area (Å²) in [6.45, 7) is 0.901. The van der Waals surface area contributed by atoms with Crippen molar-refractivity contribution in [2.45, 2.75) is 76.4 Å². The van der Waals surface area contributed by atoms with E-state index in [0.29, 0.717) is 5.92 Å². The van der Waals surface area contributed by atoms with Gasteiger partial charge in [0, 0.05) is 18.6 Å². The highest BCUT2D eigenvalue weighted by Crippen LogP contribution is 2.53. The van der Waals surface area contributed by atoms with Crippen molar-refractivity contribution in [2.24, 2.45) is 11.3 Å². The molecule has 3 fully saturated rings. The van der Waals surface area contributed by atoms with E-state index in [1.165, 1.54) is 32.1 Å². The van der Waals surface area contributed by atoms with Crippen molar-refractivity contribution in [3.63, 3.8) is 0 Å². The minimum atomic E-state index is -0.726. The van der Waals surface area contributed by atoms with Crippen LogP contribution in [0.4, 0.5) is 4.79 Å². The lowest BCUT2D eigenvalue weighted by molar-refractivity contribution is -0.0187. The molecule has 2 saturated heterocycles. The number of piperidine rings is 1. The molecule has 2 aliphatic heterocycles. The molecular weight excluding hydrogens is 292 g/mol. The van der Waals surface area contributed by atoms with Crippen molar-refractivity contribution in [1.29, 1.82) is 0 Å². The van der Waals surface area contributed by atoms with Gasteiger partial charge in [0.2, 0.25) is 0 Å². The number of carbonyl (C=O) groups is 1. The summed E-state index contributed by atoms with van der Waals surface area (Å²) in [6, 6.07) is 0.411. The van der Waals surface area contributed by atoms with Crippen molar-refractivity contribution >= 4 is 6.09 Å². The number of nitrogens with zero attached hydrogens (tertiary/aromatic N) is 4. The van der Waals surface area contributed by atoms with Gasteiger partial charge in [-0.1, -0.05) is 19.3 Å². The molecule has 6 nitrogen and oxygen atoms in total. The normalized spacial score (nSPS) is 34.7. The van der Waals surface area contributed by atoms with E-state index in [4.69, 9.17) is 0 Å². The number of hydrogen-bond acceptors (Lipinski definition) is 3. The van der Waals surface area contributed by atoms with E-state index in [2.05, 4.69) is 10.1 Å². The van der Waals surface area contributed by atoms with Gasteiger partial charge < -0.3 is 10.0 Å². The summed E-state index contributed by atoms with van der Waals surface area (Å²) in [6.07, 6.45) is 13.3. The average molecular weight is 318 g/mol. The molecule has 126 valence electrons. The Morgan fingerprint density at radius 1 is 1.13 bits per heavy atom. The zero-order chi connectivity index (χ0) is 15.9. The highest BCUT2D eigenvalue weighted by molar-refractivity contribution is 5.66. The minimum Gasteiger partial charge on any atom is -0.465 e. The SMILES string of the molecule is O=C(O)N1C2CCC1CC(Cn1cncn1)(C1CCCCC1)C2. The van der Waals surface area contributed by atoms with Crippen LogP contribution in [0, 0.1) is 11.3 Å². The Bertz CT molecular complexity index is 539. The third-order valence-electron chi connectivity index (χ3n) is 6.54. The third kappa shape index (κ3) is 2.62. The standard InChI is InChI=1S/C17H26N4O2/c22-16(23)21-14-6-7-15(21)9-17(8-14,10-20-12-18-11-19-20)13-4-2-1-3-5-13/h11-15H,1-10H2,(H,22,23). The van der Waals surface area contributed by atoms with Crippen LogP contribution in [0.15, 0.2) is 12.7 Å². The van der Waals surface area contributed by atoms with Gasteiger partial charge in [-0.3, -0.25) is 4.68 Å². The van der Waals surface area contributed by atoms with E-state index < -0.39 is 6.09 Å². The first-order chi connectivity index (χ1) is 11.2. The summed E-state index contributed by atoms with van der Waals surface area (Å²) in [7, 11) is 0. The first-order valence-corrected chi connectivity index (χ1v) is 9.02. The van der Waals surface area contributed by atoms with Crippen molar-refractivity contribution in [3.8, 4) is 0 Å². The van der Waals surface area contributed by atoms with E-state index >= 15 is 0 Å². The molecule has 4 rings (SSSR count). The smallest absolute Gasteiger partial charge is 0.407 e. The second-order valence-corrected chi connectivity index (χ2v) is 7.77. The van der Waals surface area contributed by atoms with Crippen LogP contribution in [0.2, 0.25) is 0 Å². The van der Waals surface area contributed by atoms with Gasteiger partial charge in [0.25, 0.3) is 0 Å². The largest absolute Gasteiger partial charge is 0.465 e. The van der Waals surface area contributed by atoms with Crippen LogP contribution < -0.4 is 0 Å². The van der Waals surface area contributed by atoms with Crippen LogP contribution >= 0.6 is 0 Å². The van der Waals surface area contributed by atoms with E-state index in [-0.39, 0.29) is 17.5 Å². The molecule has 3 heterocycles. The molecule has 23 heavy (non-hydrogen) atoms. The van der Waals surface area contributed by atoms with Gasteiger partial charge in [-0.15, -0.1) is 0 Å². The molecule has 2 unspecified atom stereocenters. The molecule has 1 N–H and O–H groups in total. The predicted molar refractivity (Wildman–Crippen MR) is 84.9 cm³/mol. The number of aromatic nitrogens is 3. The van der Waals surface area contributed by atoms with Gasteiger partial charge in [-0.05, 0) is 49.9 Å². The van der Waals surface area contributed by atoms with E-state index in [1.54, 1.807) is 11.2 Å². The molecule has 2 atom stereocenters. The van der Waals surface area contributed by atoms with Gasteiger partial charge in [-0.2, -0.15) is 5.10 Å². The number of amides is 1. The summed E-state index contributed by atoms with van der Waals surface area (Å²) in [5, 5.41) is 13.9. The fraction of sp³-hybridized carbons (Fsp3) is 0.824. The fourth-order valence-electron chi connectivity index (χ4n) is 5.64. The highest BCUT2D eigenvalue weighted by Gasteiger charge is 2.53. The number of rotatable bonds is 3. The first-order valence-electron chi connectivity index (χ1n) is 9.02. The Morgan fingerprint density at radius 2 is 1.83 bits per heavy atom. The second kappa shape index (κ2) is 5.80. The lowest BCUT2D eigenvalue weighted by Gasteiger charge is -2.50. The Labute approximate surface area is 136 Å². The molecule has 6 heteroatoms. The van der Waals surface area contributed by atoms with Gasteiger partial charge in [0.1, 0.15) is 12.7 Å². The maximum Gasteiger partial charge on any atom is 0.407 e. The molecule has 1 aliphatic carbocycles. The monoisotopic (exact) mass is 318 g/mol. The number of carboxylic acid groups (broad SMARTS) is 1. The zero-order valence-corrected chi connectivity index (χ0v) is 13.6. The predicted octanol–water partition coefficient (Wildman–Crippen LogP) is 3.15. The summed E-state index contributed by atoms with van der Waals surface area (Å²) >= 11 is 0. The average Bonchev–Trinajstić information content (AvgIpc) is 3.15. The molecule has 1 amide bonds. The summed E-state index contributed by atoms with van der Waals surface area (Å²) in [5.74, 6) is 0.708. The van der Waals surface area contributed by atoms with E-state index in [1.807, 2.05) is 11.0 Å². The summed E-state index contributed by atoms with van der Waals surface area (Å²) in [4.78, 5) is 17.5. The fourth-order valence-corrected chi connectivity index (χ4v) is 5.64. The van der Waals surface area contributed by atoms with Crippen LogP contribution in [-0.2, 0) is 6.54 Å². The summed E-state index contributed by atoms with van der Waals surface area (Å²) in [5.41, 5.74) is 0.200. The van der Waals surface area contributed by atoms with Crippen LogP contribution in [0.5, 0.6) is 0 Å². The Kier molecular flexibility index (Phi) is 3.77. The van der Waals surface area contributed by atoms with Crippen molar-refractivity contribution < 1.29 is 9.90 Å². The van der Waals surface area contributed by atoms with Gasteiger partial charge in [0.15, 0.2) is 0 Å². The van der Waals surface area contributed by atoms with Gasteiger partial charge >= 0.3 is 6.09 Å². The molecule has 3 aliphatic rings. The molecule has 0 aromatic carbocycles. The van der Waals surface area contributed by atoms with Crippen LogP contribution in [0.3, 0.4) is 0 Å². The van der Waals surface area contributed by atoms with Gasteiger partial charge in [0.05, 0.1) is 0 Å². The number of hydrogen-bond donors (Lipinski definition) is 1. The molecule has 1 aromatic heterocycles. The lowest BCUT2D eigenvalue weighted by atomic mass is 9.62. The van der Waals surface area contributed by atoms with Crippen molar-refractivity contribution in [1.82, 2.24) is 19.7 Å². The minimum absolute atomic E-state index is 0.200. The molecule has 0 spiro atoms. The van der Waals surface area contributed by atoms with E-state index in [0.717, 1.165) is 32.2 Å². The van der Waals surface area contributed by atoms with Crippen molar-refractivity contribution in [3.05, 3.63) is 12.7 Å². The van der Waals surface area contributed by atoms with E-state index in [9.17, 15) is 9.90 Å². The van der Waals surface area contributed by atoms with Crippen LogP contribution in [-0.4, -0.2) is 42.9 Å². The lowest BCUT2D eigenvalue weighted by Crippen LogP contribution is -2.53. The molecule has 2 bridgehead atoms. The van der Waals surface area contributed by atoms with Crippen LogP contribution in [0.25, 0.3) is 0 Å². The van der Waals surface area contributed by atoms with Crippen molar-refractivity contribution in [2.75, 3.05) is 0 Å². The number of fused-ring (bicyclic) bond motifs is 2. The molecule has 1 saturated carbocycles. The van der Waals surface area contributed by atoms with Gasteiger partial charge in [-0.25, -0.2) is 9.78 Å². The highest BCUT2D eigenvalue weighted by atomic mass is 16.4. The topological polar surface area (TPSA) is 71.2 Å². The van der Waals surface area contributed by atoms with Crippen LogP contribution in [0.1, 0.15) is 57.8 Å². The molecule has 1 aromatic rings. The zero-order valence-electron chi connectivity index (χ0n) is 13.6. The first kappa shape index (κ1) is 15.0. The Hall–Kier alpha value is -1.59. The Morgan fingerprint density at radius 3 is 2.39 bits per heavy atom.